The smallest absolute Gasteiger partial charge is 0.0552 e. The van der Waals surface area contributed by atoms with Crippen molar-refractivity contribution >= 4 is 0 Å². The molecule has 1 unspecified atom stereocenters. The van der Waals surface area contributed by atoms with E-state index in [4.69, 9.17) is 0 Å². The van der Waals surface area contributed by atoms with Crippen LogP contribution in [0.3, 0.4) is 0 Å². The van der Waals surface area contributed by atoms with E-state index >= 15 is 0 Å². The van der Waals surface area contributed by atoms with Crippen LogP contribution < -0.4 is 0 Å². The summed E-state index contributed by atoms with van der Waals surface area (Å²) in [5.41, 5.74) is 0. The first kappa shape index (κ1) is 18.9. The van der Waals surface area contributed by atoms with Crippen molar-refractivity contribution in [1.29, 1.82) is 0 Å². The summed E-state index contributed by atoms with van der Waals surface area (Å²) in [6, 6.07) is 0. The van der Waals surface area contributed by atoms with Gasteiger partial charge in [0.15, 0.2) is 0 Å². The summed E-state index contributed by atoms with van der Waals surface area (Å²) in [7, 11) is 0. The molecule has 0 saturated carbocycles. The zero-order chi connectivity index (χ0) is 14.3. The predicted molar refractivity (Wildman–Crippen MR) is 85.6 cm³/mol. The van der Waals surface area contributed by atoms with E-state index in [9.17, 15) is 5.11 Å². The van der Waals surface area contributed by atoms with Gasteiger partial charge in [-0.05, 0) is 25.9 Å². The molecule has 0 aromatic heterocycles. The molecular weight excluding hydrogens is 234 g/mol. The zero-order valence-corrected chi connectivity index (χ0v) is 13.7. The van der Waals surface area contributed by atoms with Crippen LogP contribution >= 0.6 is 0 Å². The first-order chi connectivity index (χ1) is 9.24. The van der Waals surface area contributed by atoms with Gasteiger partial charge in [-0.1, -0.05) is 72.1 Å². The summed E-state index contributed by atoms with van der Waals surface area (Å²) in [4.78, 5) is 2.39. The van der Waals surface area contributed by atoms with Gasteiger partial charge in [0.05, 0.1) is 6.10 Å². The molecule has 2 heteroatoms. The molecule has 0 amide bonds. The van der Waals surface area contributed by atoms with Crippen LogP contribution in [0.2, 0.25) is 0 Å². The van der Waals surface area contributed by atoms with Crippen molar-refractivity contribution in [3.8, 4) is 0 Å². The van der Waals surface area contributed by atoms with Crippen LogP contribution in [0, 0.1) is 0 Å². The van der Waals surface area contributed by atoms with Crippen LogP contribution in [0.25, 0.3) is 0 Å². The Bertz CT molecular complexity index is 169. The van der Waals surface area contributed by atoms with Gasteiger partial charge in [0.1, 0.15) is 0 Å². The van der Waals surface area contributed by atoms with E-state index in [0.717, 1.165) is 32.5 Å². The molecule has 2 nitrogen and oxygen atoms in total. The number of aliphatic hydroxyl groups is 1. The van der Waals surface area contributed by atoms with Gasteiger partial charge in [-0.3, -0.25) is 0 Å². The molecule has 1 atom stereocenters. The molecule has 0 bridgehead atoms. The first-order valence-electron chi connectivity index (χ1n) is 8.64. The zero-order valence-electron chi connectivity index (χ0n) is 13.7. The lowest BCUT2D eigenvalue weighted by Gasteiger charge is -2.19. The molecule has 0 radical (unpaired) electrons. The maximum Gasteiger partial charge on any atom is 0.0552 e. The maximum atomic E-state index is 9.94. The molecule has 0 saturated heterocycles. The van der Waals surface area contributed by atoms with Crippen molar-refractivity contribution in [2.75, 3.05) is 19.6 Å². The molecule has 1 N–H and O–H groups in total. The first-order valence-corrected chi connectivity index (χ1v) is 8.64. The summed E-state index contributed by atoms with van der Waals surface area (Å²) < 4.78 is 0. The van der Waals surface area contributed by atoms with Crippen molar-refractivity contribution in [2.45, 2.75) is 91.1 Å². The number of aliphatic hydroxyl groups excluding tert-OH is 1. The Morgan fingerprint density at radius 2 is 1.26 bits per heavy atom. The highest BCUT2D eigenvalue weighted by Crippen LogP contribution is 2.12. The normalized spacial score (nSPS) is 13.1. The fourth-order valence-corrected chi connectivity index (χ4v) is 2.53. The molecule has 0 aromatic carbocycles. The van der Waals surface area contributed by atoms with Crippen molar-refractivity contribution in [2.24, 2.45) is 0 Å². The Morgan fingerprint density at radius 3 is 1.79 bits per heavy atom. The average molecular weight is 271 g/mol. The SMILES string of the molecule is CCCCCCCCCCC(O)CCN(CC)CC. The molecule has 0 aliphatic carbocycles. The highest BCUT2D eigenvalue weighted by molar-refractivity contribution is 4.61. The second-order valence-electron chi connectivity index (χ2n) is 5.73. The molecule has 0 aliphatic heterocycles. The number of hydrogen-bond acceptors (Lipinski definition) is 2. The van der Waals surface area contributed by atoms with Crippen LogP contribution in [-0.2, 0) is 0 Å². The molecule has 0 aliphatic rings. The van der Waals surface area contributed by atoms with Crippen LogP contribution in [0.5, 0.6) is 0 Å². The van der Waals surface area contributed by atoms with E-state index in [-0.39, 0.29) is 6.10 Å². The predicted octanol–water partition coefficient (Wildman–Crippen LogP) is 4.61. The summed E-state index contributed by atoms with van der Waals surface area (Å²) in [6.07, 6.45) is 12.6. The van der Waals surface area contributed by atoms with Crippen molar-refractivity contribution in [3.63, 3.8) is 0 Å². The Balaban J connectivity index is 3.26. The Kier molecular flexibility index (Phi) is 14.3. The molecule has 0 spiro atoms. The highest BCUT2D eigenvalue weighted by atomic mass is 16.3. The van der Waals surface area contributed by atoms with Crippen LogP contribution in [0.15, 0.2) is 0 Å². The van der Waals surface area contributed by atoms with Gasteiger partial charge in [-0.2, -0.15) is 0 Å². The lowest BCUT2D eigenvalue weighted by atomic mass is 10.0. The third kappa shape index (κ3) is 12.7. The number of rotatable bonds is 14. The molecule has 0 heterocycles. The van der Waals surface area contributed by atoms with Gasteiger partial charge < -0.3 is 10.0 Å². The second-order valence-corrected chi connectivity index (χ2v) is 5.73. The van der Waals surface area contributed by atoms with E-state index in [1.165, 1.54) is 51.4 Å². The van der Waals surface area contributed by atoms with E-state index < -0.39 is 0 Å². The van der Waals surface area contributed by atoms with Crippen LogP contribution in [0.4, 0.5) is 0 Å². The van der Waals surface area contributed by atoms with Gasteiger partial charge in [0.2, 0.25) is 0 Å². The Hall–Kier alpha value is -0.0800. The van der Waals surface area contributed by atoms with Gasteiger partial charge >= 0.3 is 0 Å². The van der Waals surface area contributed by atoms with E-state index in [1.807, 2.05) is 0 Å². The molecular formula is C17H37NO. The summed E-state index contributed by atoms with van der Waals surface area (Å²) in [5, 5.41) is 9.94. The van der Waals surface area contributed by atoms with Gasteiger partial charge in [-0.25, -0.2) is 0 Å². The minimum Gasteiger partial charge on any atom is -0.393 e. The van der Waals surface area contributed by atoms with Crippen LogP contribution in [0.1, 0.15) is 85.0 Å². The van der Waals surface area contributed by atoms with Gasteiger partial charge in [0, 0.05) is 6.54 Å². The summed E-state index contributed by atoms with van der Waals surface area (Å²) in [6.45, 7) is 9.88. The number of nitrogens with zero attached hydrogens (tertiary/aromatic N) is 1. The van der Waals surface area contributed by atoms with E-state index in [2.05, 4.69) is 25.7 Å². The molecule has 19 heavy (non-hydrogen) atoms. The third-order valence-electron chi connectivity index (χ3n) is 4.06. The molecule has 0 rings (SSSR count). The fraction of sp³-hybridized carbons (Fsp3) is 1.00. The topological polar surface area (TPSA) is 23.5 Å². The van der Waals surface area contributed by atoms with Crippen molar-refractivity contribution in [1.82, 2.24) is 4.90 Å². The lowest BCUT2D eigenvalue weighted by Crippen LogP contribution is -2.26. The van der Waals surface area contributed by atoms with E-state index in [1.54, 1.807) is 0 Å². The molecule has 0 aromatic rings. The number of unbranched alkanes of at least 4 members (excludes halogenated alkanes) is 7. The van der Waals surface area contributed by atoms with Gasteiger partial charge in [-0.15, -0.1) is 0 Å². The summed E-state index contributed by atoms with van der Waals surface area (Å²) in [5.74, 6) is 0. The fourth-order valence-electron chi connectivity index (χ4n) is 2.53. The summed E-state index contributed by atoms with van der Waals surface area (Å²) >= 11 is 0. The minimum atomic E-state index is -0.0827. The monoisotopic (exact) mass is 271 g/mol. The minimum absolute atomic E-state index is 0.0827. The standard InChI is InChI=1S/C17H37NO/c1-4-7-8-9-10-11-12-13-14-17(19)15-16-18(5-2)6-3/h17,19H,4-16H2,1-3H3. The largest absolute Gasteiger partial charge is 0.393 e. The van der Waals surface area contributed by atoms with Crippen molar-refractivity contribution in [3.05, 3.63) is 0 Å². The molecule has 0 fully saturated rings. The highest BCUT2D eigenvalue weighted by Gasteiger charge is 2.06. The Labute approximate surface area is 121 Å². The second kappa shape index (κ2) is 14.3. The average Bonchev–Trinajstić information content (AvgIpc) is 2.43. The van der Waals surface area contributed by atoms with E-state index in [0.29, 0.717) is 0 Å². The maximum absolute atomic E-state index is 9.94. The van der Waals surface area contributed by atoms with Crippen LogP contribution in [-0.4, -0.2) is 35.7 Å². The van der Waals surface area contributed by atoms with Crippen molar-refractivity contribution < 1.29 is 5.11 Å². The molecule has 116 valence electrons. The number of hydrogen-bond donors (Lipinski definition) is 1. The van der Waals surface area contributed by atoms with Gasteiger partial charge in [0.25, 0.3) is 0 Å². The third-order valence-corrected chi connectivity index (χ3v) is 4.06. The lowest BCUT2D eigenvalue weighted by molar-refractivity contribution is 0.132. The quantitative estimate of drug-likeness (QED) is 0.466. The Morgan fingerprint density at radius 1 is 0.737 bits per heavy atom.